The zero-order valence-corrected chi connectivity index (χ0v) is 9.73. The Morgan fingerprint density at radius 3 is 2.33 bits per heavy atom. The molecule has 0 aliphatic heterocycles. The number of carbonyl (C=O) groups excluding carboxylic acids is 2. The van der Waals surface area contributed by atoms with E-state index >= 15 is 0 Å². The second-order valence-corrected chi connectivity index (χ2v) is 3.83. The van der Waals surface area contributed by atoms with E-state index in [1.807, 2.05) is 6.92 Å². The highest BCUT2D eigenvalue weighted by atomic mass is 16.2. The van der Waals surface area contributed by atoms with Crippen LogP contribution >= 0.6 is 0 Å². The number of nitrogens with one attached hydrogen (secondary N) is 2. The molecule has 1 heterocycles. The molecule has 0 saturated carbocycles. The number of hydrogen-bond acceptors (Lipinski definition) is 3. The number of carbonyl (C=O) groups is 2. The number of hydrogen-bond donors (Lipinski definition) is 3. The van der Waals surface area contributed by atoms with Crippen molar-refractivity contribution < 1.29 is 9.59 Å². The maximum atomic E-state index is 11.8. The van der Waals surface area contributed by atoms with E-state index in [9.17, 15) is 9.59 Å². The van der Waals surface area contributed by atoms with Crippen molar-refractivity contribution in [3.05, 3.63) is 47.2 Å². The molecule has 0 radical (unpaired) electrons. The average molecular weight is 244 g/mol. The number of nitrogens with two attached hydrogens (primary N) is 1. The molecule has 2 aromatic rings. The lowest BCUT2D eigenvalue weighted by molar-refractivity contribution is 0.0995. The molecule has 6 nitrogen and oxygen atoms in total. The third-order valence-electron chi connectivity index (χ3n) is 2.38. The highest BCUT2D eigenvalue weighted by molar-refractivity contribution is 6.04. The van der Waals surface area contributed by atoms with Gasteiger partial charge in [0.15, 0.2) is 5.82 Å². The quantitative estimate of drug-likeness (QED) is 0.752. The van der Waals surface area contributed by atoms with Crippen LogP contribution in [0.1, 0.15) is 26.4 Å². The Morgan fingerprint density at radius 1 is 1.22 bits per heavy atom. The molecule has 0 unspecified atom stereocenters. The maximum absolute atomic E-state index is 11.8. The van der Waals surface area contributed by atoms with Gasteiger partial charge >= 0.3 is 0 Å². The van der Waals surface area contributed by atoms with Gasteiger partial charge in [-0.2, -0.15) is 5.10 Å². The Kier molecular flexibility index (Phi) is 3.09. The molecule has 0 atom stereocenters. The van der Waals surface area contributed by atoms with Crippen LogP contribution < -0.4 is 11.1 Å². The van der Waals surface area contributed by atoms with Crippen molar-refractivity contribution in [2.24, 2.45) is 5.73 Å². The van der Waals surface area contributed by atoms with Gasteiger partial charge in [-0.05, 0) is 31.2 Å². The summed E-state index contributed by atoms with van der Waals surface area (Å²) in [7, 11) is 0. The second-order valence-electron chi connectivity index (χ2n) is 3.83. The Morgan fingerprint density at radius 2 is 1.83 bits per heavy atom. The molecule has 6 heteroatoms. The van der Waals surface area contributed by atoms with Crippen molar-refractivity contribution in [3.8, 4) is 0 Å². The third-order valence-corrected chi connectivity index (χ3v) is 2.38. The fourth-order valence-corrected chi connectivity index (χ4v) is 1.46. The van der Waals surface area contributed by atoms with Gasteiger partial charge in [-0.3, -0.25) is 14.7 Å². The van der Waals surface area contributed by atoms with Gasteiger partial charge in [0.2, 0.25) is 5.91 Å². The number of amides is 2. The summed E-state index contributed by atoms with van der Waals surface area (Å²) in [5.41, 5.74) is 6.76. The van der Waals surface area contributed by atoms with Crippen LogP contribution in [0.3, 0.4) is 0 Å². The van der Waals surface area contributed by atoms with Gasteiger partial charge in [0.05, 0.1) is 0 Å². The van der Waals surface area contributed by atoms with Crippen molar-refractivity contribution in [1.82, 2.24) is 10.2 Å². The monoisotopic (exact) mass is 244 g/mol. The smallest absolute Gasteiger partial charge is 0.256 e. The highest BCUT2D eigenvalue weighted by Gasteiger charge is 2.08. The van der Waals surface area contributed by atoms with E-state index in [0.717, 1.165) is 5.69 Å². The molecule has 1 aromatic heterocycles. The SMILES string of the molecule is Cc1cc(NC(=O)c2ccc(C(N)=O)cc2)n[nH]1. The van der Waals surface area contributed by atoms with Gasteiger partial charge in [-0.25, -0.2) is 0 Å². The Balaban J connectivity index is 2.11. The van der Waals surface area contributed by atoms with E-state index in [1.54, 1.807) is 6.07 Å². The molecular formula is C12H12N4O2. The first kappa shape index (κ1) is 11.8. The molecule has 18 heavy (non-hydrogen) atoms. The van der Waals surface area contributed by atoms with Crippen molar-refractivity contribution in [2.45, 2.75) is 6.92 Å². The summed E-state index contributed by atoms with van der Waals surface area (Å²) in [6.45, 7) is 1.84. The molecule has 92 valence electrons. The molecule has 2 amide bonds. The molecule has 0 bridgehead atoms. The molecule has 0 aliphatic carbocycles. The molecule has 0 fully saturated rings. The van der Waals surface area contributed by atoms with Crippen LogP contribution in [-0.2, 0) is 0 Å². The van der Waals surface area contributed by atoms with Crippen LogP contribution in [0.4, 0.5) is 5.82 Å². The lowest BCUT2D eigenvalue weighted by Gasteiger charge is -2.02. The van der Waals surface area contributed by atoms with Crippen LogP contribution in [0, 0.1) is 6.92 Å². The fraction of sp³-hybridized carbons (Fsp3) is 0.0833. The maximum Gasteiger partial charge on any atom is 0.256 e. The van der Waals surface area contributed by atoms with Crippen molar-refractivity contribution in [1.29, 1.82) is 0 Å². The van der Waals surface area contributed by atoms with Crippen LogP contribution in [-0.4, -0.2) is 22.0 Å². The summed E-state index contributed by atoms with van der Waals surface area (Å²) in [6, 6.07) is 7.81. The lowest BCUT2D eigenvalue weighted by atomic mass is 10.1. The minimum absolute atomic E-state index is 0.294. The molecule has 0 aliphatic rings. The normalized spacial score (nSPS) is 10.1. The van der Waals surface area contributed by atoms with Crippen molar-refractivity contribution in [2.75, 3.05) is 5.32 Å². The van der Waals surface area contributed by atoms with Gasteiger partial charge in [-0.15, -0.1) is 0 Å². The number of aromatic nitrogens is 2. The predicted octanol–water partition coefficient (Wildman–Crippen LogP) is 1.07. The number of H-pyrrole nitrogens is 1. The largest absolute Gasteiger partial charge is 0.366 e. The first-order valence-corrected chi connectivity index (χ1v) is 5.29. The topological polar surface area (TPSA) is 101 Å². The van der Waals surface area contributed by atoms with Crippen LogP contribution in [0.25, 0.3) is 0 Å². The molecule has 1 aromatic carbocycles. The minimum atomic E-state index is -0.523. The van der Waals surface area contributed by atoms with E-state index in [1.165, 1.54) is 24.3 Å². The third kappa shape index (κ3) is 2.54. The number of aryl methyl sites for hydroxylation is 1. The number of benzene rings is 1. The molecule has 2 rings (SSSR count). The second kappa shape index (κ2) is 4.70. The average Bonchev–Trinajstić information content (AvgIpc) is 2.75. The first-order valence-electron chi connectivity index (χ1n) is 5.29. The van der Waals surface area contributed by atoms with Gasteiger partial charge in [0.1, 0.15) is 0 Å². The standard InChI is InChI=1S/C12H12N4O2/c1-7-6-10(16-15-7)14-12(18)9-4-2-8(3-5-9)11(13)17/h2-6H,1H3,(H2,13,17)(H2,14,15,16,18). The van der Waals surface area contributed by atoms with E-state index in [0.29, 0.717) is 16.9 Å². The van der Waals surface area contributed by atoms with Gasteiger partial charge in [-0.1, -0.05) is 0 Å². The Bertz CT molecular complexity index is 586. The van der Waals surface area contributed by atoms with E-state index < -0.39 is 5.91 Å². The highest BCUT2D eigenvalue weighted by Crippen LogP contribution is 2.08. The van der Waals surface area contributed by atoms with E-state index in [4.69, 9.17) is 5.73 Å². The Hall–Kier alpha value is -2.63. The summed E-state index contributed by atoms with van der Waals surface area (Å²) >= 11 is 0. The number of rotatable bonds is 3. The van der Waals surface area contributed by atoms with Gasteiger partial charge in [0, 0.05) is 22.9 Å². The van der Waals surface area contributed by atoms with Gasteiger partial charge in [0.25, 0.3) is 5.91 Å². The summed E-state index contributed by atoms with van der Waals surface area (Å²) in [5, 5.41) is 9.25. The first-order chi connectivity index (χ1) is 8.56. The number of anilines is 1. The number of primary amides is 1. The summed E-state index contributed by atoms with van der Waals surface area (Å²) in [5.74, 6) is -0.362. The molecule has 0 saturated heterocycles. The minimum Gasteiger partial charge on any atom is -0.366 e. The number of nitrogens with zero attached hydrogens (tertiary/aromatic N) is 1. The zero-order valence-electron chi connectivity index (χ0n) is 9.73. The van der Waals surface area contributed by atoms with Crippen molar-refractivity contribution in [3.63, 3.8) is 0 Å². The molecular weight excluding hydrogens is 232 g/mol. The van der Waals surface area contributed by atoms with Crippen LogP contribution in [0.15, 0.2) is 30.3 Å². The van der Waals surface area contributed by atoms with E-state index in [2.05, 4.69) is 15.5 Å². The number of aromatic amines is 1. The van der Waals surface area contributed by atoms with E-state index in [-0.39, 0.29) is 5.91 Å². The van der Waals surface area contributed by atoms with Gasteiger partial charge < -0.3 is 11.1 Å². The Labute approximate surface area is 103 Å². The fourth-order valence-electron chi connectivity index (χ4n) is 1.46. The lowest BCUT2D eigenvalue weighted by Crippen LogP contribution is -2.14. The van der Waals surface area contributed by atoms with Crippen molar-refractivity contribution >= 4 is 17.6 Å². The predicted molar refractivity (Wildman–Crippen MR) is 66.2 cm³/mol. The summed E-state index contributed by atoms with van der Waals surface area (Å²) in [6.07, 6.45) is 0. The van der Waals surface area contributed by atoms with Crippen LogP contribution in [0.2, 0.25) is 0 Å². The molecule has 4 N–H and O–H groups in total. The summed E-state index contributed by atoms with van der Waals surface area (Å²) in [4.78, 5) is 22.7. The van der Waals surface area contributed by atoms with Crippen LogP contribution in [0.5, 0.6) is 0 Å². The summed E-state index contributed by atoms with van der Waals surface area (Å²) < 4.78 is 0. The zero-order chi connectivity index (χ0) is 13.1. The molecule has 0 spiro atoms.